The molecule has 1 rings (SSSR count). The molecule has 0 bridgehead atoms. The molecular weight excluding hydrogens is 292 g/mol. The molecule has 1 aromatic rings. The van der Waals surface area contributed by atoms with E-state index in [0.29, 0.717) is 16.3 Å². The first kappa shape index (κ1) is 15.7. The van der Waals surface area contributed by atoms with Crippen LogP contribution in [-0.2, 0) is 10.0 Å². The Morgan fingerprint density at radius 2 is 2.16 bits per heavy atom. The Labute approximate surface area is 116 Å². The van der Waals surface area contributed by atoms with Gasteiger partial charge >= 0.3 is 0 Å². The van der Waals surface area contributed by atoms with Crippen molar-refractivity contribution in [1.82, 2.24) is 5.32 Å². The Morgan fingerprint density at radius 3 is 2.74 bits per heavy atom. The lowest BCUT2D eigenvalue weighted by Gasteiger charge is -2.09. The summed E-state index contributed by atoms with van der Waals surface area (Å²) < 4.78 is 26.5. The van der Waals surface area contributed by atoms with Crippen LogP contribution in [0.1, 0.15) is 16.8 Å². The number of amides is 1. The highest BCUT2D eigenvalue weighted by atomic mass is 35.5. The largest absolute Gasteiger partial charge is 0.496 e. The molecule has 0 fully saturated rings. The number of rotatable bonds is 6. The Kier molecular flexibility index (Phi) is 5.59. The maximum absolute atomic E-state index is 11.8. The van der Waals surface area contributed by atoms with E-state index < -0.39 is 10.0 Å². The van der Waals surface area contributed by atoms with Crippen LogP contribution in [0.3, 0.4) is 0 Å². The second kappa shape index (κ2) is 6.74. The van der Waals surface area contributed by atoms with Gasteiger partial charge in [-0.1, -0.05) is 11.6 Å². The maximum Gasteiger partial charge on any atom is 0.255 e. The lowest BCUT2D eigenvalue weighted by molar-refractivity contribution is 0.0950. The fraction of sp³-hybridized carbons (Fsp3) is 0.364. The predicted octanol–water partition coefficient (Wildman–Crippen LogP) is 0.757. The van der Waals surface area contributed by atoms with Gasteiger partial charge in [0.05, 0.1) is 18.4 Å². The number of sulfonamides is 1. The average molecular weight is 307 g/mol. The van der Waals surface area contributed by atoms with Crippen molar-refractivity contribution in [2.45, 2.75) is 6.42 Å². The molecule has 0 radical (unpaired) electrons. The van der Waals surface area contributed by atoms with Gasteiger partial charge in [0.2, 0.25) is 10.0 Å². The van der Waals surface area contributed by atoms with Gasteiger partial charge in [-0.3, -0.25) is 4.79 Å². The van der Waals surface area contributed by atoms with E-state index in [-0.39, 0.29) is 24.6 Å². The number of ether oxygens (including phenoxy) is 1. The molecule has 0 saturated heterocycles. The van der Waals surface area contributed by atoms with E-state index >= 15 is 0 Å². The molecule has 3 N–H and O–H groups in total. The summed E-state index contributed by atoms with van der Waals surface area (Å²) in [4.78, 5) is 11.8. The van der Waals surface area contributed by atoms with E-state index in [1.165, 1.54) is 19.2 Å². The van der Waals surface area contributed by atoms with Crippen LogP contribution in [0, 0.1) is 0 Å². The molecule has 1 aromatic carbocycles. The fourth-order valence-electron chi connectivity index (χ4n) is 1.42. The molecule has 0 aliphatic heterocycles. The average Bonchev–Trinajstić information content (AvgIpc) is 2.33. The molecular formula is C11H15ClN2O4S. The van der Waals surface area contributed by atoms with Gasteiger partial charge in [0.15, 0.2) is 0 Å². The van der Waals surface area contributed by atoms with Crippen molar-refractivity contribution >= 4 is 27.5 Å². The number of hydrogen-bond donors (Lipinski definition) is 2. The van der Waals surface area contributed by atoms with Gasteiger partial charge in [-0.05, 0) is 24.6 Å². The van der Waals surface area contributed by atoms with Crippen LogP contribution in [0.2, 0.25) is 5.02 Å². The summed E-state index contributed by atoms with van der Waals surface area (Å²) >= 11 is 5.78. The van der Waals surface area contributed by atoms with Gasteiger partial charge in [0.25, 0.3) is 5.91 Å². The van der Waals surface area contributed by atoms with Gasteiger partial charge in [-0.25, -0.2) is 13.6 Å². The quantitative estimate of drug-likeness (QED) is 0.758. The van der Waals surface area contributed by atoms with Crippen LogP contribution < -0.4 is 15.2 Å². The summed E-state index contributed by atoms with van der Waals surface area (Å²) in [7, 11) is -2.06. The first-order valence-electron chi connectivity index (χ1n) is 5.45. The third-order valence-corrected chi connectivity index (χ3v) is 3.39. The third kappa shape index (κ3) is 5.46. The highest BCUT2D eigenvalue weighted by Gasteiger charge is 2.12. The molecule has 19 heavy (non-hydrogen) atoms. The zero-order chi connectivity index (χ0) is 14.5. The number of nitrogens with two attached hydrogens (primary N) is 1. The second-order valence-corrected chi connectivity index (χ2v) is 5.99. The van der Waals surface area contributed by atoms with Crippen molar-refractivity contribution in [2.75, 3.05) is 19.4 Å². The zero-order valence-electron chi connectivity index (χ0n) is 10.3. The Morgan fingerprint density at radius 1 is 1.47 bits per heavy atom. The minimum absolute atomic E-state index is 0.176. The van der Waals surface area contributed by atoms with Crippen LogP contribution in [0.15, 0.2) is 18.2 Å². The van der Waals surface area contributed by atoms with Crippen LogP contribution in [0.5, 0.6) is 5.75 Å². The first-order chi connectivity index (χ1) is 8.83. The molecule has 0 saturated carbocycles. The number of hydrogen-bond acceptors (Lipinski definition) is 4. The normalized spacial score (nSPS) is 11.1. The first-order valence-corrected chi connectivity index (χ1v) is 7.55. The highest BCUT2D eigenvalue weighted by molar-refractivity contribution is 7.89. The fourth-order valence-corrected chi connectivity index (χ4v) is 2.13. The molecule has 8 heteroatoms. The minimum atomic E-state index is -3.50. The standard InChI is InChI=1S/C11H15ClN2O4S/c1-18-10-7-8(12)3-4-9(10)11(15)14-5-2-6-19(13,16)17/h3-4,7H,2,5-6H2,1H3,(H,14,15)(H2,13,16,17). The van der Waals surface area contributed by atoms with Gasteiger partial charge in [0, 0.05) is 11.6 Å². The van der Waals surface area contributed by atoms with Crippen molar-refractivity contribution in [3.8, 4) is 5.75 Å². The predicted molar refractivity (Wildman–Crippen MR) is 72.9 cm³/mol. The smallest absolute Gasteiger partial charge is 0.255 e. The lowest BCUT2D eigenvalue weighted by atomic mass is 10.2. The molecule has 0 aromatic heterocycles. The van der Waals surface area contributed by atoms with Gasteiger partial charge in [-0.15, -0.1) is 0 Å². The summed E-state index contributed by atoms with van der Waals surface area (Å²) in [6.07, 6.45) is 0.250. The Balaban J connectivity index is 2.59. The van der Waals surface area contributed by atoms with E-state index in [9.17, 15) is 13.2 Å². The van der Waals surface area contributed by atoms with E-state index in [1.807, 2.05) is 0 Å². The summed E-state index contributed by atoms with van der Waals surface area (Å²) in [5, 5.41) is 7.90. The van der Waals surface area contributed by atoms with Crippen molar-refractivity contribution in [3.05, 3.63) is 28.8 Å². The Hall–Kier alpha value is -1.31. The molecule has 0 aliphatic rings. The Bertz CT molecular complexity index is 560. The molecule has 0 unspecified atom stereocenters. The number of carbonyl (C=O) groups excluding carboxylic acids is 1. The third-order valence-electron chi connectivity index (χ3n) is 2.30. The van der Waals surface area contributed by atoms with Gasteiger partial charge < -0.3 is 10.1 Å². The summed E-state index contributed by atoms with van der Waals surface area (Å²) in [5.41, 5.74) is 0.336. The number of methoxy groups -OCH3 is 1. The number of nitrogens with one attached hydrogen (secondary N) is 1. The van der Waals surface area contributed by atoms with Gasteiger partial charge in [-0.2, -0.15) is 0 Å². The van der Waals surface area contributed by atoms with E-state index in [1.54, 1.807) is 6.07 Å². The topological polar surface area (TPSA) is 98.5 Å². The molecule has 0 aliphatic carbocycles. The molecule has 0 spiro atoms. The number of primary sulfonamides is 1. The summed E-state index contributed by atoms with van der Waals surface area (Å²) in [6, 6.07) is 4.64. The SMILES string of the molecule is COc1cc(Cl)ccc1C(=O)NCCCS(N)(=O)=O. The van der Waals surface area contributed by atoms with Crippen LogP contribution in [0.25, 0.3) is 0 Å². The number of benzene rings is 1. The van der Waals surface area contributed by atoms with Crippen molar-refractivity contribution in [3.63, 3.8) is 0 Å². The monoisotopic (exact) mass is 306 g/mol. The van der Waals surface area contributed by atoms with Crippen molar-refractivity contribution in [2.24, 2.45) is 5.14 Å². The van der Waals surface area contributed by atoms with Gasteiger partial charge in [0.1, 0.15) is 5.75 Å². The maximum atomic E-state index is 11.8. The number of carbonyl (C=O) groups is 1. The summed E-state index contributed by atoms with van der Waals surface area (Å²) in [6.45, 7) is 0.209. The molecule has 0 atom stereocenters. The lowest BCUT2D eigenvalue weighted by Crippen LogP contribution is -2.27. The zero-order valence-corrected chi connectivity index (χ0v) is 11.9. The molecule has 6 nitrogen and oxygen atoms in total. The summed E-state index contributed by atoms with van der Waals surface area (Å²) in [5.74, 6) is -0.176. The van der Waals surface area contributed by atoms with Crippen molar-refractivity contribution < 1.29 is 17.9 Å². The second-order valence-electron chi connectivity index (χ2n) is 3.82. The molecule has 1 amide bonds. The minimum Gasteiger partial charge on any atom is -0.496 e. The molecule has 106 valence electrons. The van der Waals surface area contributed by atoms with E-state index in [2.05, 4.69) is 5.32 Å². The number of halogens is 1. The van der Waals surface area contributed by atoms with E-state index in [0.717, 1.165) is 0 Å². The van der Waals surface area contributed by atoms with Crippen LogP contribution >= 0.6 is 11.6 Å². The van der Waals surface area contributed by atoms with Crippen molar-refractivity contribution in [1.29, 1.82) is 0 Å². The van der Waals surface area contributed by atoms with Crippen LogP contribution in [-0.4, -0.2) is 33.7 Å². The van der Waals surface area contributed by atoms with Crippen LogP contribution in [0.4, 0.5) is 0 Å². The highest BCUT2D eigenvalue weighted by Crippen LogP contribution is 2.22. The van der Waals surface area contributed by atoms with E-state index in [4.69, 9.17) is 21.5 Å². The molecule has 0 heterocycles.